The standard InChI is InChI=1S/C23H32N2O5SeSi/c1-22(2,3)32(23(4,5)6)28-14-16-18(30-32)19(31-15-10-8-7-9-11-15)20(29-16)25-13-12-17(26)24-21(25)27/h7-13,16,18-20H,14H2,1-6H3,(H,24,26,27)/t16-,18-,19-,20-/m1/s1. The van der Waals surface area contributed by atoms with Gasteiger partial charge >= 0.3 is 196 Å². The zero-order valence-corrected chi connectivity index (χ0v) is 22.2. The van der Waals surface area contributed by atoms with Crippen LogP contribution in [0.4, 0.5) is 0 Å². The van der Waals surface area contributed by atoms with Gasteiger partial charge in [-0.3, -0.25) is 0 Å². The summed E-state index contributed by atoms with van der Waals surface area (Å²) in [6.07, 6.45) is 0.552. The molecule has 7 nitrogen and oxygen atoms in total. The minimum atomic E-state index is -2.70. The van der Waals surface area contributed by atoms with E-state index in [-0.39, 0.29) is 42.1 Å². The second-order valence-electron chi connectivity index (χ2n) is 10.5. The third-order valence-electron chi connectivity index (χ3n) is 6.15. The first-order valence-corrected chi connectivity index (χ1v) is 14.6. The number of hydrogen-bond acceptors (Lipinski definition) is 5. The number of aromatic amines is 1. The van der Waals surface area contributed by atoms with Gasteiger partial charge in [0.1, 0.15) is 0 Å². The van der Waals surface area contributed by atoms with Gasteiger partial charge in [0.05, 0.1) is 0 Å². The van der Waals surface area contributed by atoms with Crippen LogP contribution >= 0.6 is 0 Å². The average molecular weight is 524 g/mol. The fourth-order valence-corrected chi connectivity index (χ4v) is 12.9. The number of nitrogens with zero attached hydrogens (tertiary/aromatic N) is 1. The molecular formula is C23H32N2O5SeSi. The number of benzene rings is 1. The molecule has 2 aliphatic rings. The molecule has 2 saturated heterocycles. The van der Waals surface area contributed by atoms with Crippen molar-refractivity contribution in [1.29, 1.82) is 0 Å². The van der Waals surface area contributed by atoms with Crippen molar-refractivity contribution in [1.82, 2.24) is 9.55 Å². The number of ether oxygens (including phenoxy) is 1. The third kappa shape index (κ3) is 4.11. The summed E-state index contributed by atoms with van der Waals surface area (Å²) in [7, 11) is -2.70. The first kappa shape index (κ1) is 23.7. The van der Waals surface area contributed by atoms with Gasteiger partial charge in [-0.15, -0.1) is 0 Å². The Bertz CT molecular complexity index is 1060. The van der Waals surface area contributed by atoms with Crippen LogP contribution in [0.1, 0.15) is 47.8 Å². The van der Waals surface area contributed by atoms with E-state index in [1.165, 1.54) is 21.3 Å². The van der Waals surface area contributed by atoms with Crippen LogP contribution in [-0.4, -0.2) is 51.9 Å². The second kappa shape index (κ2) is 8.38. The summed E-state index contributed by atoms with van der Waals surface area (Å²) in [5.74, 6) is 0. The normalized spacial score (nSPS) is 27.8. The monoisotopic (exact) mass is 524 g/mol. The number of nitrogens with one attached hydrogen (secondary N) is 1. The van der Waals surface area contributed by atoms with Crippen LogP contribution in [0.25, 0.3) is 0 Å². The van der Waals surface area contributed by atoms with Gasteiger partial charge in [-0.2, -0.15) is 0 Å². The van der Waals surface area contributed by atoms with Crippen LogP contribution < -0.4 is 15.7 Å². The van der Waals surface area contributed by atoms with E-state index in [0.717, 1.165) is 0 Å². The van der Waals surface area contributed by atoms with E-state index in [1.807, 2.05) is 18.2 Å². The third-order valence-corrected chi connectivity index (χ3v) is 14.0. The SMILES string of the molecule is CC(C)(C)[Si]1(C(C)(C)C)OC[C@H]2O[C@@H](n3ccc(=O)[nH]c3=O)[C@H]([Se]c3ccccc3)[C@@H]2O1. The fourth-order valence-electron chi connectivity index (χ4n) is 4.95. The van der Waals surface area contributed by atoms with Crippen molar-refractivity contribution in [2.24, 2.45) is 0 Å². The van der Waals surface area contributed by atoms with Crippen LogP contribution in [0, 0.1) is 0 Å². The zero-order chi connectivity index (χ0) is 23.3. The fraction of sp³-hybridized carbons (Fsp3) is 0.565. The van der Waals surface area contributed by atoms with E-state index >= 15 is 0 Å². The second-order valence-corrected chi connectivity index (χ2v) is 17.9. The molecule has 174 valence electrons. The topological polar surface area (TPSA) is 82.5 Å². The van der Waals surface area contributed by atoms with Gasteiger partial charge in [-0.05, 0) is 0 Å². The van der Waals surface area contributed by atoms with E-state index in [9.17, 15) is 9.59 Å². The maximum absolute atomic E-state index is 12.6. The number of rotatable bonds is 3. The molecule has 1 N–H and O–H groups in total. The van der Waals surface area contributed by atoms with Gasteiger partial charge < -0.3 is 0 Å². The Morgan fingerprint density at radius 1 is 1.03 bits per heavy atom. The van der Waals surface area contributed by atoms with Crippen molar-refractivity contribution < 1.29 is 13.6 Å². The van der Waals surface area contributed by atoms with Gasteiger partial charge in [0.25, 0.3) is 0 Å². The van der Waals surface area contributed by atoms with E-state index < -0.39 is 26.0 Å². The number of fused-ring (bicyclic) bond motifs is 1. The Balaban J connectivity index is 1.77. The quantitative estimate of drug-likeness (QED) is 0.626. The summed E-state index contributed by atoms with van der Waals surface area (Å²) >= 11 is -0.0197. The zero-order valence-electron chi connectivity index (χ0n) is 19.5. The molecule has 2 aromatic rings. The first-order chi connectivity index (χ1) is 14.9. The molecule has 1 aromatic heterocycles. The van der Waals surface area contributed by atoms with E-state index in [4.69, 9.17) is 13.6 Å². The van der Waals surface area contributed by atoms with Crippen molar-refractivity contribution in [3.05, 3.63) is 63.4 Å². The van der Waals surface area contributed by atoms with Gasteiger partial charge in [-0.25, -0.2) is 0 Å². The Labute approximate surface area is 195 Å². The molecule has 0 aliphatic carbocycles. The molecular weight excluding hydrogens is 491 g/mol. The predicted octanol–water partition coefficient (Wildman–Crippen LogP) is 2.71. The van der Waals surface area contributed by atoms with Crippen molar-refractivity contribution in [2.75, 3.05) is 6.61 Å². The molecule has 2 aliphatic heterocycles. The van der Waals surface area contributed by atoms with Gasteiger partial charge in [0.2, 0.25) is 0 Å². The van der Waals surface area contributed by atoms with Crippen LogP contribution in [-0.2, 0) is 13.6 Å². The summed E-state index contributed by atoms with van der Waals surface area (Å²) in [5.41, 5.74) is -0.885. The van der Waals surface area contributed by atoms with Crippen LogP contribution in [0.5, 0.6) is 0 Å². The van der Waals surface area contributed by atoms with E-state index in [2.05, 4.69) is 58.7 Å². The van der Waals surface area contributed by atoms with Crippen molar-refractivity contribution >= 4 is 28.0 Å². The Hall–Kier alpha value is -1.48. The molecule has 0 amide bonds. The summed E-state index contributed by atoms with van der Waals surface area (Å²) < 4.78 is 22.8. The molecule has 32 heavy (non-hydrogen) atoms. The molecule has 0 unspecified atom stereocenters. The van der Waals surface area contributed by atoms with Gasteiger partial charge in [0.15, 0.2) is 0 Å². The molecule has 0 spiro atoms. The number of aromatic nitrogens is 2. The number of H-pyrrole nitrogens is 1. The summed E-state index contributed by atoms with van der Waals surface area (Å²) in [5, 5.41) is -0.291. The van der Waals surface area contributed by atoms with Crippen LogP contribution in [0.3, 0.4) is 0 Å². The molecule has 3 heterocycles. The molecule has 4 atom stereocenters. The van der Waals surface area contributed by atoms with Crippen molar-refractivity contribution in [3.63, 3.8) is 0 Å². The Kier molecular flexibility index (Phi) is 6.20. The minimum absolute atomic E-state index is 0.0197. The van der Waals surface area contributed by atoms with Crippen molar-refractivity contribution in [2.45, 2.75) is 74.9 Å². The van der Waals surface area contributed by atoms with Gasteiger partial charge in [-0.1, -0.05) is 0 Å². The number of hydrogen-bond donors (Lipinski definition) is 1. The Morgan fingerprint density at radius 2 is 1.69 bits per heavy atom. The molecule has 0 bridgehead atoms. The van der Waals surface area contributed by atoms with E-state index in [0.29, 0.717) is 6.61 Å². The van der Waals surface area contributed by atoms with Crippen LogP contribution in [0.15, 0.2) is 52.2 Å². The molecule has 0 saturated carbocycles. The molecule has 4 rings (SSSR count). The molecule has 2 fully saturated rings. The van der Waals surface area contributed by atoms with Gasteiger partial charge in [0, 0.05) is 0 Å². The van der Waals surface area contributed by atoms with Crippen molar-refractivity contribution in [3.8, 4) is 0 Å². The summed E-state index contributed by atoms with van der Waals surface area (Å²) in [6, 6.07) is 11.6. The first-order valence-electron chi connectivity index (χ1n) is 10.9. The summed E-state index contributed by atoms with van der Waals surface area (Å²) in [6.45, 7) is 13.6. The maximum atomic E-state index is 12.6. The predicted molar refractivity (Wildman–Crippen MR) is 127 cm³/mol. The van der Waals surface area contributed by atoms with E-state index in [1.54, 1.807) is 0 Å². The average Bonchev–Trinajstić information content (AvgIpc) is 3.04. The Morgan fingerprint density at radius 3 is 2.28 bits per heavy atom. The summed E-state index contributed by atoms with van der Waals surface area (Å²) in [4.78, 5) is 26.6. The molecule has 1 aromatic carbocycles. The molecule has 9 heteroatoms. The molecule has 0 radical (unpaired) electrons. The van der Waals surface area contributed by atoms with Crippen LogP contribution in [0.2, 0.25) is 14.9 Å².